The number of fused-ring (bicyclic) bond motifs is 1. The number of aliphatic hydroxyl groups excluding tert-OH is 1. The van der Waals surface area contributed by atoms with Gasteiger partial charge in [0.1, 0.15) is 0 Å². The monoisotopic (exact) mass is 316 g/mol. The van der Waals surface area contributed by atoms with Crippen LogP contribution in [0.3, 0.4) is 0 Å². The third-order valence-electron chi connectivity index (χ3n) is 3.92. The largest absolute Gasteiger partial charge is 0.463 e. The molecule has 0 fully saturated rings. The number of aliphatic hydroxyl groups is 1. The molecule has 3 nitrogen and oxygen atoms in total. The Kier molecular flexibility index (Phi) is 5.03. The normalized spacial score (nSPS) is 21.4. The molecule has 0 aromatic heterocycles. The second kappa shape index (κ2) is 6.63. The van der Waals surface area contributed by atoms with Crippen molar-refractivity contribution in [1.29, 1.82) is 0 Å². The molecule has 0 spiro atoms. The van der Waals surface area contributed by atoms with Crippen LogP contribution < -0.4 is 0 Å². The van der Waals surface area contributed by atoms with Crippen molar-refractivity contribution in [3.05, 3.63) is 52.7 Å². The molecule has 22 heavy (non-hydrogen) atoms. The first-order valence-corrected chi connectivity index (χ1v) is 11.2. The van der Waals surface area contributed by atoms with E-state index in [1.54, 1.807) is 13.0 Å². The maximum atomic E-state index is 11.9. The number of hydrogen-bond acceptors (Lipinski definition) is 3. The topological polar surface area (TPSA) is 46.5 Å². The molecule has 2 rings (SSSR count). The first kappa shape index (κ1) is 16.7. The van der Waals surface area contributed by atoms with Crippen molar-refractivity contribution in [3.63, 3.8) is 0 Å². The highest BCUT2D eigenvalue weighted by Gasteiger charge is 2.34. The van der Waals surface area contributed by atoms with Gasteiger partial charge in [-0.1, -0.05) is 61.3 Å². The highest BCUT2D eigenvalue weighted by Crippen LogP contribution is 2.39. The van der Waals surface area contributed by atoms with Crippen LogP contribution in [-0.2, 0) is 9.53 Å². The van der Waals surface area contributed by atoms with Crippen LogP contribution in [0.5, 0.6) is 0 Å². The molecule has 0 saturated heterocycles. The summed E-state index contributed by atoms with van der Waals surface area (Å²) in [5.74, 6) is -0.481. The Morgan fingerprint density at radius 1 is 1.32 bits per heavy atom. The van der Waals surface area contributed by atoms with Gasteiger partial charge in [-0.3, -0.25) is 0 Å². The van der Waals surface area contributed by atoms with Crippen LogP contribution >= 0.6 is 0 Å². The average Bonchev–Trinajstić information content (AvgIpc) is 2.45. The second-order valence-corrected chi connectivity index (χ2v) is 11.6. The quantitative estimate of drug-likeness (QED) is 0.523. The van der Waals surface area contributed by atoms with Crippen molar-refractivity contribution in [2.75, 3.05) is 6.61 Å². The minimum atomic E-state index is -1.78. The average molecular weight is 316 g/mol. The molecule has 0 bridgehead atoms. The van der Waals surface area contributed by atoms with Gasteiger partial charge in [0.25, 0.3) is 0 Å². The molecule has 0 saturated carbocycles. The summed E-state index contributed by atoms with van der Waals surface area (Å²) in [6.45, 7) is 8.70. The minimum Gasteiger partial charge on any atom is -0.463 e. The molecule has 1 N–H and O–H groups in total. The first-order chi connectivity index (χ1) is 10.3. The lowest BCUT2D eigenvalue weighted by Gasteiger charge is -2.33. The van der Waals surface area contributed by atoms with Gasteiger partial charge in [0, 0.05) is 12.0 Å². The van der Waals surface area contributed by atoms with Crippen molar-refractivity contribution in [2.24, 2.45) is 5.92 Å². The molecule has 0 unspecified atom stereocenters. The summed E-state index contributed by atoms with van der Waals surface area (Å²) in [4.78, 5) is 11.9. The molecule has 1 aliphatic rings. The number of esters is 1. The van der Waals surface area contributed by atoms with E-state index in [4.69, 9.17) is 4.74 Å². The Morgan fingerprint density at radius 2 is 2.00 bits per heavy atom. The molecule has 1 aromatic rings. The summed E-state index contributed by atoms with van der Waals surface area (Å²) in [5.41, 5.74) is 1.96. The predicted octanol–water partition coefficient (Wildman–Crippen LogP) is 3.73. The van der Waals surface area contributed by atoms with Gasteiger partial charge in [0.15, 0.2) is 0 Å². The van der Waals surface area contributed by atoms with Crippen LogP contribution in [0, 0.1) is 5.92 Å². The Bertz CT molecular complexity index is 611. The smallest absolute Gasteiger partial charge is 0.330 e. The first-order valence-electron chi connectivity index (χ1n) is 7.68. The third kappa shape index (κ3) is 3.57. The minimum absolute atomic E-state index is 0.161. The number of benzene rings is 1. The molecule has 2 atom stereocenters. The van der Waals surface area contributed by atoms with Crippen molar-refractivity contribution < 1.29 is 14.6 Å². The standard InChI is InChI=1S/C18H24O3Si/c1-5-21-17(19)12-16(22(2,3)4)15-11-10-13-8-6-7-9-14(13)18(15)20/h6-12,15,18,20H,5H2,1-4H3/b16-12-/t15-,18-/m0/s1. The molecule has 1 aromatic carbocycles. The fraction of sp³-hybridized carbons (Fsp3) is 0.389. The van der Waals surface area contributed by atoms with Gasteiger partial charge in [-0.05, 0) is 18.1 Å². The van der Waals surface area contributed by atoms with E-state index in [2.05, 4.69) is 19.6 Å². The van der Waals surface area contributed by atoms with Gasteiger partial charge in [-0.2, -0.15) is 0 Å². The highest BCUT2D eigenvalue weighted by atomic mass is 28.3. The second-order valence-electron chi connectivity index (χ2n) is 6.56. The Hall–Kier alpha value is -1.65. The maximum absolute atomic E-state index is 11.9. The summed E-state index contributed by atoms with van der Waals surface area (Å²) < 4.78 is 5.06. The summed E-state index contributed by atoms with van der Waals surface area (Å²) in [6.07, 6.45) is 5.03. The zero-order valence-corrected chi connectivity index (χ0v) is 14.7. The number of carbonyl (C=O) groups is 1. The summed E-state index contributed by atoms with van der Waals surface area (Å²) in [5, 5.41) is 11.8. The van der Waals surface area contributed by atoms with Gasteiger partial charge in [-0.25, -0.2) is 4.79 Å². The van der Waals surface area contributed by atoms with E-state index in [1.807, 2.05) is 36.4 Å². The van der Waals surface area contributed by atoms with Gasteiger partial charge >= 0.3 is 5.97 Å². The van der Waals surface area contributed by atoms with Crippen LogP contribution in [0.25, 0.3) is 6.08 Å². The molecular formula is C18H24O3Si. The molecular weight excluding hydrogens is 292 g/mol. The number of carbonyl (C=O) groups excluding carboxylic acids is 1. The van der Waals surface area contributed by atoms with E-state index < -0.39 is 14.2 Å². The molecule has 0 amide bonds. The van der Waals surface area contributed by atoms with E-state index in [0.29, 0.717) is 6.61 Å². The Morgan fingerprint density at radius 3 is 2.64 bits per heavy atom. The maximum Gasteiger partial charge on any atom is 0.330 e. The summed E-state index contributed by atoms with van der Waals surface area (Å²) in [6, 6.07) is 7.84. The summed E-state index contributed by atoms with van der Waals surface area (Å²) in [7, 11) is -1.78. The van der Waals surface area contributed by atoms with Crippen molar-refractivity contribution >= 4 is 20.1 Å². The van der Waals surface area contributed by atoms with Crippen LogP contribution in [0.2, 0.25) is 19.6 Å². The van der Waals surface area contributed by atoms with Gasteiger partial charge in [0.05, 0.1) is 20.8 Å². The molecule has 0 heterocycles. The van der Waals surface area contributed by atoms with Gasteiger partial charge in [-0.15, -0.1) is 0 Å². The fourth-order valence-electron chi connectivity index (χ4n) is 2.84. The fourth-order valence-corrected chi connectivity index (χ4v) is 4.64. The van der Waals surface area contributed by atoms with Gasteiger partial charge in [0.2, 0.25) is 0 Å². The molecule has 118 valence electrons. The molecule has 1 aliphatic carbocycles. The van der Waals surface area contributed by atoms with E-state index in [-0.39, 0.29) is 11.9 Å². The van der Waals surface area contributed by atoms with Crippen molar-refractivity contribution in [2.45, 2.75) is 32.7 Å². The highest BCUT2D eigenvalue weighted by molar-refractivity contribution is 6.83. The number of ether oxygens (including phenoxy) is 1. The lowest BCUT2D eigenvalue weighted by molar-refractivity contribution is -0.137. The van der Waals surface area contributed by atoms with Crippen LogP contribution in [0.1, 0.15) is 24.2 Å². The van der Waals surface area contributed by atoms with E-state index >= 15 is 0 Å². The van der Waals surface area contributed by atoms with Crippen LogP contribution in [0.15, 0.2) is 41.6 Å². The third-order valence-corrected chi connectivity index (χ3v) is 6.13. The zero-order chi connectivity index (χ0) is 16.3. The number of rotatable bonds is 4. The zero-order valence-electron chi connectivity index (χ0n) is 13.7. The van der Waals surface area contributed by atoms with Crippen LogP contribution in [0.4, 0.5) is 0 Å². The van der Waals surface area contributed by atoms with Crippen molar-refractivity contribution in [1.82, 2.24) is 0 Å². The summed E-state index contributed by atoms with van der Waals surface area (Å²) >= 11 is 0. The molecule has 4 heteroatoms. The molecule has 0 radical (unpaired) electrons. The van der Waals surface area contributed by atoms with Crippen LogP contribution in [-0.4, -0.2) is 25.8 Å². The van der Waals surface area contributed by atoms with E-state index in [1.165, 1.54) is 0 Å². The van der Waals surface area contributed by atoms with E-state index in [0.717, 1.165) is 16.3 Å². The number of hydrogen-bond donors (Lipinski definition) is 1. The SMILES string of the molecule is CCOC(=O)/C=C(/[C@@H]1C=Cc2ccccc2[C@@H]1O)[Si](C)(C)C. The lowest BCUT2D eigenvalue weighted by atomic mass is 9.86. The molecule has 0 aliphatic heterocycles. The lowest BCUT2D eigenvalue weighted by Crippen LogP contribution is -2.33. The van der Waals surface area contributed by atoms with Gasteiger partial charge < -0.3 is 9.84 Å². The van der Waals surface area contributed by atoms with E-state index in [9.17, 15) is 9.90 Å². The van der Waals surface area contributed by atoms with Crippen molar-refractivity contribution in [3.8, 4) is 0 Å². The predicted molar refractivity (Wildman–Crippen MR) is 92.0 cm³/mol. The Labute approximate surface area is 133 Å². The Balaban J connectivity index is 2.41.